The predicted molar refractivity (Wildman–Crippen MR) is 171 cm³/mol. The van der Waals surface area contributed by atoms with Gasteiger partial charge < -0.3 is 65.1 Å². The Hall–Kier alpha value is -3.20. The van der Waals surface area contributed by atoms with E-state index in [1.807, 2.05) is 0 Å². The molecule has 28 heteroatoms. The smallest absolute Gasteiger partial charge is 0.394 e. The van der Waals surface area contributed by atoms with Crippen LogP contribution in [0, 0.1) is 0 Å². The van der Waals surface area contributed by atoms with Crippen LogP contribution in [-0.2, 0) is 39.2 Å². The minimum absolute atomic E-state index is 0.00431. The van der Waals surface area contributed by atoms with Gasteiger partial charge >= 0.3 is 14.5 Å². The van der Waals surface area contributed by atoms with Gasteiger partial charge in [0.1, 0.15) is 36.2 Å². The molecule has 3 aromatic rings. The van der Waals surface area contributed by atoms with Crippen LogP contribution < -0.4 is 32.4 Å². The summed E-state index contributed by atoms with van der Waals surface area (Å²) in [6.07, 6.45) is -11.7. The second-order valence-electron chi connectivity index (χ2n) is 10.9. The van der Waals surface area contributed by atoms with Gasteiger partial charge in [-0.25, -0.2) is 9.55 Å². The molecule has 0 bridgehead atoms. The van der Waals surface area contributed by atoms with Crippen molar-refractivity contribution < 1.29 is 57.6 Å². The average Bonchev–Trinajstić information content (AvgIpc) is 3.71. The average molecular weight is 771 g/mol. The number of rotatable bonds is 9. The molecule has 0 saturated carbocycles. The number of nitrogens with two attached hydrogens (primary N) is 2. The minimum atomic E-state index is -5.43. The molecule has 3 aliphatic heterocycles. The van der Waals surface area contributed by atoms with Crippen molar-refractivity contribution in [2.24, 2.45) is 0 Å². The van der Waals surface area contributed by atoms with E-state index in [2.05, 4.69) is 29.2 Å². The molecule has 24 nitrogen and oxygen atoms in total. The van der Waals surface area contributed by atoms with Crippen LogP contribution in [0.3, 0.4) is 0 Å². The number of phosphoric ester groups is 1. The molecule has 2 fully saturated rings. The number of ether oxygens (including phenoxy) is 2. The van der Waals surface area contributed by atoms with Gasteiger partial charge in [0, 0.05) is 7.05 Å². The lowest BCUT2D eigenvalue weighted by Crippen LogP contribution is -2.45. The topological polar surface area (TPSA) is 352 Å². The Morgan fingerprint density at radius 2 is 1.69 bits per heavy atom. The van der Waals surface area contributed by atoms with Gasteiger partial charge in [-0.05, 0) is 24.0 Å². The first-order chi connectivity index (χ1) is 22.9. The van der Waals surface area contributed by atoms with Gasteiger partial charge in [-0.3, -0.25) is 29.0 Å². The molecule has 2 unspecified atom stereocenters. The molecule has 49 heavy (non-hydrogen) atoms. The van der Waals surface area contributed by atoms with Crippen LogP contribution >= 0.6 is 26.8 Å². The van der Waals surface area contributed by atoms with E-state index in [1.54, 1.807) is 7.05 Å². The van der Waals surface area contributed by atoms with Gasteiger partial charge in [0.25, 0.3) is 11.1 Å². The zero-order chi connectivity index (χ0) is 35.7. The van der Waals surface area contributed by atoms with Gasteiger partial charge in [-0.15, -0.1) is 0 Å². The number of hydrogen-bond acceptors (Lipinski definition) is 21. The van der Waals surface area contributed by atoms with E-state index < -0.39 is 86.4 Å². The molecule has 268 valence electrons. The number of thiocarbonyl (C=S) groups is 1. The summed E-state index contributed by atoms with van der Waals surface area (Å²) in [6, 6.07) is 0. The number of aliphatic hydroxyl groups excluding tert-OH is 4. The molecule has 6 rings (SSSR count). The fraction of sp³-hybridized carbons (Fsp3) is 0.524. The van der Waals surface area contributed by atoms with Crippen LogP contribution in [0.2, 0.25) is 0 Å². The van der Waals surface area contributed by atoms with Crippen LogP contribution in [0.25, 0.3) is 11.2 Å². The highest BCUT2D eigenvalue weighted by molar-refractivity contribution is 8.08. The normalized spacial score (nSPS) is 30.8. The number of nitrogens with one attached hydrogen (secondary N) is 2. The fourth-order valence-electron chi connectivity index (χ4n) is 5.43. The third kappa shape index (κ3) is 6.68. The Morgan fingerprint density at radius 3 is 2.41 bits per heavy atom. The molecule has 3 aliphatic rings. The Balaban J connectivity index is 1.07. The summed E-state index contributed by atoms with van der Waals surface area (Å²) < 4.78 is 39.6. The standard InChI is InChI=1S/C21H28N10O14P2S2/c1-29-4-31(14-7(29)16(37)28-21(23)26-14)18-10(34)8(32)5(42-18)2-41-47(40,49)45-46(38,39)44-19(48)12-9(33)11(35)17(43-12)30-3-24-6-13(30)25-20(22)27-15(6)36/h3,5,8-12,17-18,32-35H,2,4H2,1H3,(H,38,39)(H,40,49)(H3,22,25,27,36)(H3,23,26,28,37)/t5-,8-,9+,10-,11-,12+,17-,18-,47?/m1/s1. The lowest BCUT2D eigenvalue weighted by Gasteiger charge is -2.27. The van der Waals surface area contributed by atoms with Crippen LogP contribution in [0.4, 0.5) is 23.4 Å². The molecule has 0 radical (unpaired) electrons. The van der Waals surface area contributed by atoms with Gasteiger partial charge in [0.15, 0.2) is 35.5 Å². The number of aromatic nitrogens is 6. The van der Waals surface area contributed by atoms with E-state index in [9.17, 15) is 44.4 Å². The molecule has 2 saturated heterocycles. The maximum atomic E-state index is 12.8. The van der Waals surface area contributed by atoms with Crippen molar-refractivity contribution in [1.29, 1.82) is 0 Å². The molecule has 12 N–H and O–H groups in total. The lowest BCUT2D eigenvalue weighted by molar-refractivity contribution is -0.0232. The van der Waals surface area contributed by atoms with Crippen LogP contribution in [0.15, 0.2) is 15.9 Å². The van der Waals surface area contributed by atoms with E-state index in [0.29, 0.717) is 0 Å². The number of hydrogen-bond donors (Lipinski definition) is 10. The van der Waals surface area contributed by atoms with E-state index in [-0.39, 0.29) is 41.2 Å². The maximum absolute atomic E-state index is 12.8. The highest BCUT2D eigenvalue weighted by Crippen LogP contribution is 2.61. The van der Waals surface area contributed by atoms with E-state index in [1.165, 1.54) is 9.80 Å². The Labute approximate surface area is 282 Å². The summed E-state index contributed by atoms with van der Waals surface area (Å²) in [7, 11) is -3.86. The second-order valence-corrected chi connectivity index (χ2v) is 15.7. The quantitative estimate of drug-likeness (QED) is 0.0733. The number of fused-ring (bicyclic) bond motifs is 2. The summed E-state index contributed by atoms with van der Waals surface area (Å²) in [6.45, 7) is -5.46. The van der Waals surface area contributed by atoms with Gasteiger partial charge in [-0.2, -0.15) is 14.3 Å². The van der Waals surface area contributed by atoms with E-state index in [4.69, 9.17) is 54.0 Å². The Bertz CT molecular complexity index is 2020. The molecule has 6 heterocycles. The summed E-state index contributed by atoms with van der Waals surface area (Å²) in [5, 5.41) is 41.6. The monoisotopic (exact) mass is 770 g/mol. The third-order valence-corrected chi connectivity index (χ3v) is 11.5. The number of nitrogens with zero attached hydrogens (tertiary/aromatic N) is 6. The Morgan fingerprint density at radius 1 is 1.04 bits per heavy atom. The summed E-state index contributed by atoms with van der Waals surface area (Å²) in [5.41, 5.74) is 9.83. The number of nitrogen functional groups attached to an aromatic ring is 2. The largest absolute Gasteiger partial charge is 0.535 e. The number of phosphoric acid groups is 1. The number of imidazole rings is 1. The number of anilines is 4. The van der Waals surface area contributed by atoms with E-state index >= 15 is 0 Å². The van der Waals surface area contributed by atoms with Crippen molar-refractivity contribution in [2.45, 2.75) is 49.1 Å². The first kappa shape index (κ1) is 35.6. The maximum Gasteiger partial charge on any atom is 0.535 e. The van der Waals surface area contributed by atoms with Crippen molar-refractivity contribution >= 4 is 78.2 Å². The van der Waals surface area contributed by atoms with Crippen LogP contribution in [-0.4, -0.2) is 128 Å². The van der Waals surface area contributed by atoms with Gasteiger partial charge in [0.2, 0.25) is 16.9 Å². The molecule has 3 aromatic heterocycles. The van der Waals surface area contributed by atoms with Gasteiger partial charge in [0.05, 0.1) is 19.6 Å². The SMILES string of the molecule is CN1CN([C@@H]2O[C@H](COP(O)(=S)OP(=O)(O)OC(=S)[C@H]3O[C@@H](n4cnc5c(=O)[nH]c(N)nc54)[C@H](O)[C@@H]3O)[C@@H](O)[C@H]2O)c2nc(N)[nH]c(=O)c21. The van der Waals surface area contributed by atoms with Crippen LogP contribution in [0.1, 0.15) is 6.23 Å². The lowest BCUT2D eigenvalue weighted by atomic mass is 10.1. The number of H-pyrrole nitrogens is 2. The Kier molecular flexibility index (Phi) is 9.34. The van der Waals surface area contributed by atoms with Crippen LogP contribution in [0.5, 0.6) is 0 Å². The summed E-state index contributed by atoms with van der Waals surface area (Å²) in [4.78, 5) is 64.7. The van der Waals surface area contributed by atoms with Gasteiger partial charge in [-0.1, -0.05) is 0 Å². The first-order valence-corrected chi connectivity index (χ1v) is 18.2. The minimum Gasteiger partial charge on any atom is -0.394 e. The molecule has 0 aromatic carbocycles. The number of aromatic amines is 2. The number of aliphatic hydroxyl groups is 4. The van der Waals surface area contributed by atoms with Crippen molar-refractivity contribution in [3.05, 3.63) is 27.0 Å². The second kappa shape index (κ2) is 12.8. The molecular formula is C21H28N10O14P2S2. The molecule has 10 atom stereocenters. The zero-order valence-electron chi connectivity index (χ0n) is 24.6. The van der Waals surface area contributed by atoms with Crippen molar-refractivity contribution in [1.82, 2.24) is 29.5 Å². The summed E-state index contributed by atoms with van der Waals surface area (Å²) >= 11 is 9.79. The van der Waals surface area contributed by atoms with Crippen molar-refractivity contribution in [3.63, 3.8) is 0 Å². The molecule has 0 amide bonds. The fourth-order valence-corrected chi connectivity index (χ4v) is 8.88. The molecule has 0 aliphatic carbocycles. The third-order valence-electron chi connectivity index (χ3n) is 7.57. The molecule has 0 spiro atoms. The van der Waals surface area contributed by atoms with E-state index in [0.717, 1.165) is 10.9 Å². The van der Waals surface area contributed by atoms with Crippen molar-refractivity contribution in [2.75, 3.05) is 41.6 Å². The predicted octanol–water partition coefficient (Wildman–Crippen LogP) is -3.96. The highest BCUT2D eigenvalue weighted by Gasteiger charge is 2.51. The zero-order valence-corrected chi connectivity index (χ0v) is 28.0. The molecular weight excluding hydrogens is 742 g/mol. The van der Waals surface area contributed by atoms with Crippen molar-refractivity contribution in [3.8, 4) is 0 Å². The highest BCUT2D eigenvalue weighted by atomic mass is 32.5. The summed E-state index contributed by atoms with van der Waals surface area (Å²) in [5.74, 6) is -0.418. The first-order valence-electron chi connectivity index (χ1n) is 13.8.